The van der Waals surface area contributed by atoms with Crippen molar-refractivity contribution < 1.29 is 4.79 Å². The summed E-state index contributed by atoms with van der Waals surface area (Å²) in [6.45, 7) is 4.56. The molecule has 4 rings (SSSR count). The number of aromatic nitrogens is 2. The Morgan fingerprint density at radius 1 is 1.26 bits per heavy atom. The number of carbonyl (C=O) groups excluding carboxylic acids is 1. The lowest BCUT2D eigenvalue weighted by molar-refractivity contribution is -0.140. The summed E-state index contributed by atoms with van der Waals surface area (Å²) < 4.78 is 0. The van der Waals surface area contributed by atoms with Crippen LogP contribution in [0.2, 0.25) is 0 Å². The molecule has 148 valence electrons. The van der Waals surface area contributed by atoms with E-state index in [0.717, 1.165) is 61.4 Å². The third kappa shape index (κ3) is 4.05. The number of carbonyl (C=O) groups is 1. The molecule has 6 nitrogen and oxygen atoms in total. The second-order valence-corrected chi connectivity index (χ2v) is 8.47. The van der Waals surface area contributed by atoms with Crippen LogP contribution in [-0.4, -0.2) is 52.5 Å². The fourth-order valence-corrected chi connectivity index (χ4v) is 5.14. The molecule has 0 radical (unpaired) electrons. The lowest BCUT2D eigenvalue weighted by atomic mass is 9.91. The Kier molecular flexibility index (Phi) is 6.55. The average Bonchev–Trinajstić information content (AvgIpc) is 3.16. The summed E-state index contributed by atoms with van der Waals surface area (Å²) in [5, 5.41) is 3.15. The van der Waals surface area contributed by atoms with Crippen LogP contribution in [0, 0.1) is 5.92 Å². The van der Waals surface area contributed by atoms with E-state index in [2.05, 4.69) is 31.2 Å². The highest BCUT2D eigenvalue weighted by molar-refractivity contribution is 7.16. The van der Waals surface area contributed by atoms with E-state index in [1.54, 1.807) is 17.7 Å². The maximum absolute atomic E-state index is 13.3. The van der Waals surface area contributed by atoms with E-state index < -0.39 is 0 Å². The smallest absolute Gasteiger partial charge is 0.227 e. The van der Waals surface area contributed by atoms with Crippen molar-refractivity contribution in [1.82, 2.24) is 14.9 Å². The standard InChI is InChI=1S/C19H27N5OS.ClH/c1-13(20)16-6-2-3-9-24(16)19(25)14-5-4-8-23(11-14)17-15-7-10-26-18(15)22-12-21-17;/h7,10,12-14,16H,2-6,8-9,11,20H2,1H3;1H. The average molecular weight is 410 g/mol. The molecule has 2 aromatic heterocycles. The van der Waals surface area contributed by atoms with Crippen molar-refractivity contribution in [2.45, 2.75) is 51.1 Å². The first-order chi connectivity index (χ1) is 12.6. The van der Waals surface area contributed by atoms with Crippen molar-refractivity contribution in [3.63, 3.8) is 0 Å². The number of anilines is 1. The zero-order valence-corrected chi connectivity index (χ0v) is 17.3. The third-order valence-electron chi connectivity index (χ3n) is 5.75. The summed E-state index contributed by atoms with van der Waals surface area (Å²) in [5.74, 6) is 1.29. The van der Waals surface area contributed by atoms with E-state index in [0.29, 0.717) is 0 Å². The summed E-state index contributed by atoms with van der Waals surface area (Å²) in [6.07, 6.45) is 6.90. The van der Waals surface area contributed by atoms with Gasteiger partial charge in [0.1, 0.15) is 17.0 Å². The number of hydrogen-bond donors (Lipinski definition) is 1. The molecule has 3 unspecified atom stereocenters. The van der Waals surface area contributed by atoms with E-state index in [1.165, 1.54) is 6.42 Å². The number of likely N-dealkylation sites (tertiary alicyclic amines) is 1. The van der Waals surface area contributed by atoms with Crippen molar-refractivity contribution in [3.05, 3.63) is 17.8 Å². The van der Waals surface area contributed by atoms with Gasteiger partial charge in [0.05, 0.1) is 11.3 Å². The minimum atomic E-state index is 0. The molecule has 3 atom stereocenters. The van der Waals surface area contributed by atoms with Crippen LogP contribution < -0.4 is 10.6 Å². The van der Waals surface area contributed by atoms with Gasteiger partial charge in [0.15, 0.2) is 0 Å². The van der Waals surface area contributed by atoms with E-state index in [-0.39, 0.29) is 36.3 Å². The zero-order valence-electron chi connectivity index (χ0n) is 15.7. The van der Waals surface area contributed by atoms with Crippen LogP contribution >= 0.6 is 23.7 Å². The van der Waals surface area contributed by atoms with E-state index in [9.17, 15) is 4.79 Å². The molecule has 2 fully saturated rings. The predicted octanol–water partition coefficient (Wildman–Crippen LogP) is 3.06. The molecule has 2 N–H and O–H groups in total. The number of rotatable bonds is 3. The van der Waals surface area contributed by atoms with E-state index in [1.807, 2.05) is 6.92 Å². The van der Waals surface area contributed by atoms with Gasteiger partial charge in [-0.1, -0.05) is 0 Å². The van der Waals surface area contributed by atoms with E-state index in [4.69, 9.17) is 5.73 Å². The molecule has 0 bridgehead atoms. The molecule has 1 amide bonds. The molecule has 2 aliphatic heterocycles. The largest absolute Gasteiger partial charge is 0.355 e. The Hall–Kier alpha value is -1.44. The van der Waals surface area contributed by atoms with Crippen molar-refractivity contribution in [1.29, 1.82) is 0 Å². The molecule has 2 aliphatic rings. The first kappa shape index (κ1) is 20.3. The lowest BCUT2D eigenvalue weighted by Gasteiger charge is -2.42. The highest BCUT2D eigenvalue weighted by atomic mass is 35.5. The fourth-order valence-electron chi connectivity index (χ4n) is 4.41. The molecule has 4 heterocycles. The van der Waals surface area contributed by atoms with Crippen LogP contribution in [0.25, 0.3) is 10.2 Å². The Labute approximate surface area is 170 Å². The molecular formula is C19H28ClN5OS. The van der Waals surface area contributed by atoms with Gasteiger partial charge in [-0.15, -0.1) is 23.7 Å². The molecule has 2 saturated heterocycles. The number of nitrogens with zero attached hydrogens (tertiary/aromatic N) is 4. The molecule has 0 aliphatic carbocycles. The van der Waals surface area contributed by atoms with Gasteiger partial charge < -0.3 is 15.5 Å². The van der Waals surface area contributed by atoms with Crippen LogP contribution in [0.15, 0.2) is 17.8 Å². The van der Waals surface area contributed by atoms with Gasteiger partial charge in [-0.2, -0.15) is 0 Å². The van der Waals surface area contributed by atoms with Crippen LogP contribution in [0.1, 0.15) is 39.0 Å². The van der Waals surface area contributed by atoms with Gasteiger partial charge in [-0.05, 0) is 50.5 Å². The van der Waals surface area contributed by atoms with Crippen molar-refractivity contribution in [2.24, 2.45) is 11.7 Å². The van der Waals surface area contributed by atoms with Crippen LogP contribution in [0.4, 0.5) is 5.82 Å². The van der Waals surface area contributed by atoms with Gasteiger partial charge in [0.25, 0.3) is 0 Å². The molecule has 0 saturated carbocycles. The fraction of sp³-hybridized carbons (Fsp3) is 0.632. The molecule has 27 heavy (non-hydrogen) atoms. The second-order valence-electron chi connectivity index (χ2n) is 7.58. The zero-order chi connectivity index (χ0) is 18.1. The number of fused-ring (bicyclic) bond motifs is 1. The lowest BCUT2D eigenvalue weighted by Crippen LogP contribution is -2.55. The van der Waals surface area contributed by atoms with Gasteiger partial charge in [-0.3, -0.25) is 4.79 Å². The second kappa shape index (κ2) is 8.71. The molecular weight excluding hydrogens is 382 g/mol. The SMILES string of the molecule is CC(N)C1CCCCN1C(=O)C1CCCN(c2ncnc3sccc23)C1.Cl. The summed E-state index contributed by atoms with van der Waals surface area (Å²) >= 11 is 1.63. The number of hydrogen-bond acceptors (Lipinski definition) is 6. The van der Waals surface area contributed by atoms with E-state index >= 15 is 0 Å². The number of amides is 1. The summed E-state index contributed by atoms with van der Waals surface area (Å²) in [6, 6.07) is 2.30. The summed E-state index contributed by atoms with van der Waals surface area (Å²) in [4.78, 5) is 27.5. The van der Waals surface area contributed by atoms with Crippen molar-refractivity contribution in [2.75, 3.05) is 24.5 Å². The van der Waals surface area contributed by atoms with Crippen molar-refractivity contribution in [3.8, 4) is 0 Å². The Morgan fingerprint density at radius 2 is 2.11 bits per heavy atom. The molecule has 2 aromatic rings. The van der Waals surface area contributed by atoms with Gasteiger partial charge in [0.2, 0.25) is 5.91 Å². The molecule has 0 spiro atoms. The molecule has 0 aromatic carbocycles. The molecule has 8 heteroatoms. The minimum Gasteiger partial charge on any atom is -0.355 e. The maximum atomic E-state index is 13.3. The predicted molar refractivity (Wildman–Crippen MR) is 113 cm³/mol. The van der Waals surface area contributed by atoms with Gasteiger partial charge in [-0.25, -0.2) is 9.97 Å². The van der Waals surface area contributed by atoms with Gasteiger partial charge >= 0.3 is 0 Å². The quantitative estimate of drug-likeness (QED) is 0.843. The normalized spacial score (nSPS) is 24.5. The third-order valence-corrected chi connectivity index (χ3v) is 6.57. The number of halogens is 1. The van der Waals surface area contributed by atoms with Crippen molar-refractivity contribution >= 4 is 45.7 Å². The Morgan fingerprint density at radius 3 is 2.93 bits per heavy atom. The van der Waals surface area contributed by atoms with Crippen LogP contribution in [0.5, 0.6) is 0 Å². The highest BCUT2D eigenvalue weighted by Gasteiger charge is 2.35. The number of nitrogens with two attached hydrogens (primary N) is 1. The minimum absolute atomic E-state index is 0. The maximum Gasteiger partial charge on any atom is 0.227 e. The summed E-state index contributed by atoms with van der Waals surface area (Å²) in [7, 11) is 0. The monoisotopic (exact) mass is 409 g/mol. The number of piperidine rings is 2. The Bertz CT molecular complexity index is 782. The first-order valence-electron chi connectivity index (χ1n) is 9.64. The number of thiophene rings is 1. The van der Waals surface area contributed by atoms with Crippen LogP contribution in [-0.2, 0) is 4.79 Å². The van der Waals surface area contributed by atoms with Crippen LogP contribution in [0.3, 0.4) is 0 Å². The highest BCUT2D eigenvalue weighted by Crippen LogP contribution is 2.31. The Balaban J connectivity index is 0.00000210. The van der Waals surface area contributed by atoms with Gasteiger partial charge in [0, 0.05) is 31.7 Å². The topological polar surface area (TPSA) is 75.3 Å². The first-order valence-corrected chi connectivity index (χ1v) is 10.5. The summed E-state index contributed by atoms with van der Waals surface area (Å²) in [5.41, 5.74) is 6.17.